The number of alkyl carbamates (subject to hydrolysis) is 1. The second-order valence-electron chi connectivity index (χ2n) is 7.54. The number of ether oxygens (including phenoxy) is 1. The molecule has 4 nitrogen and oxygen atoms in total. The Bertz CT molecular complexity index is 330. The standard InChI is InChI=1S/C16H30N2O2/c1-12-5-7-14(8-6-12)18-10-9-13(11-18)17-15(19)20-16(2,3)4/h12-14H,5-11H2,1-4H3,(H,17,19)/t12?,13-,14?/m0/s1. The van der Waals surface area contributed by atoms with Gasteiger partial charge < -0.3 is 10.1 Å². The van der Waals surface area contributed by atoms with Crippen LogP contribution < -0.4 is 5.32 Å². The summed E-state index contributed by atoms with van der Waals surface area (Å²) in [5.74, 6) is 0.893. The maximum Gasteiger partial charge on any atom is 0.407 e. The number of hydrogen-bond donors (Lipinski definition) is 1. The third-order valence-electron chi connectivity index (χ3n) is 4.44. The molecule has 1 saturated heterocycles. The van der Waals surface area contributed by atoms with E-state index in [9.17, 15) is 4.79 Å². The quantitative estimate of drug-likeness (QED) is 0.846. The van der Waals surface area contributed by atoms with Gasteiger partial charge in [-0.1, -0.05) is 6.92 Å². The summed E-state index contributed by atoms with van der Waals surface area (Å²) < 4.78 is 5.33. The molecule has 20 heavy (non-hydrogen) atoms. The van der Waals surface area contributed by atoms with Gasteiger partial charge in [-0.2, -0.15) is 0 Å². The Hall–Kier alpha value is -0.770. The van der Waals surface area contributed by atoms with Crippen LogP contribution in [0.3, 0.4) is 0 Å². The highest BCUT2D eigenvalue weighted by Gasteiger charge is 2.31. The highest BCUT2D eigenvalue weighted by atomic mass is 16.6. The number of carbonyl (C=O) groups is 1. The zero-order valence-electron chi connectivity index (χ0n) is 13.4. The second-order valence-corrected chi connectivity index (χ2v) is 7.54. The van der Waals surface area contributed by atoms with E-state index in [1.54, 1.807) is 0 Å². The summed E-state index contributed by atoms with van der Waals surface area (Å²) in [5, 5.41) is 3.01. The van der Waals surface area contributed by atoms with Crippen LogP contribution in [0.2, 0.25) is 0 Å². The molecular formula is C16H30N2O2. The zero-order chi connectivity index (χ0) is 14.8. The molecule has 1 aliphatic carbocycles. The molecule has 1 heterocycles. The third-order valence-corrected chi connectivity index (χ3v) is 4.44. The Morgan fingerprint density at radius 1 is 1.15 bits per heavy atom. The topological polar surface area (TPSA) is 41.6 Å². The minimum atomic E-state index is -0.415. The number of amides is 1. The Balaban J connectivity index is 1.74. The number of carbonyl (C=O) groups excluding carboxylic acids is 1. The van der Waals surface area contributed by atoms with E-state index in [1.165, 1.54) is 25.7 Å². The van der Waals surface area contributed by atoms with Crippen molar-refractivity contribution in [1.29, 1.82) is 0 Å². The molecular weight excluding hydrogens is 252 g/mol. The van der Waals surface area contributed by atoms with Crippen molar-refractivity contribution in [3.05, 3.63) is 0 Å². The van der Waals surface area contributed by atoms with Crippen LogP contribution in [0.4, 0.5) is 4.79 Å². The first kappa shape index (κ1) is 15.6. The summed E-state index contributed by atoms with van der Waals surface area (Å²) in [5.41, 5.74) is -0.415. The van der Waals surface area contributed by atoms with Gasteiger partial charge in [0.25, 0.3) is 0 Å². The summed E-state index contributed by atoms with van der Waals surface area (Å²) in [7, 11) is 0. The molecule has 1 aliphatic heterocycles. The van der Waals surface area contributed by atoms with Crippen molar-refractivity contribution in [3.63, 3.8) is 0 Å². The number of likely N-dealkylation sites (tertiary alicyclic amines) is 1. The fourth-order valence-corrected chi connectivity index (χ4v) is 3.32. The van der Waals surface area contributed by atoms with Gasteiger partial charge in [0.05, 0.1) is 0 Å². The van der Waals surface area contributed by atoms with Gasteiger partial charge in [-0.3, -0.25) is 4.90 Å². The van der Waals surface area contributed by atoms with Gasteiger partial charge in [-0.05, 0) is 58.8 Å². The van der Waals surface area contributed by atoms with Crippen LogP contribution in [0.15, 0.2) is 0 Å². The molecule has 116 valence electrons. The first-order chi connectivity index (χ1) is 9.33. The Labute approximate surface area is 123 Å². The maximum absolute atomic E-state index is 11.8. The highest BCUT2D eigenvalue weighted by Crippen LogP contribution is 2.29. The van der Waals surface area contributed by atoms with Crippen LogP contribution in [-0.4, -0.2) is 41.8 Å². The molecule has 0 unspecified atom stereocenters. The van der Waals surface area contributed by atoms with E-state index in [2.05, 4.69) is 17.1 Å². The van der Waals surface area contributed by atoms with Gasteiger partial charge in [-0.25, -0.2) is 4.79 Å². The van der Waals surface area contributed by atoms with Crippen molar-refractivity contribution < 1.29 is 9.53 Å². The van der Waals surface area contributed by atoms with Gasteiger partial charge in [0.2, 0.25) is 0 Å². The van der Waals surface area contributed by atoms with Crippen LogP contribution in [0.25, 0.3) is 0 Å². The fraction of sp³-hybridized carbons (Fsp3) is 0.938. The van der Waals surface area contributed by atoms with Crippen molar-refractivity contribution in [2.45, 2.75) is 77.5 Å². The van der Waals surface area contributed by atoms with E-state index in [1.807, 2.05) is 20.8 Å². The molecule has 0 aromatic heterocycles. The molecule has 0 bridgehead atoms. The normalized spacial score (nSPS) is 32.1. The molecule has 1 saturated carbocycles. The van der Waals surface area contributed by atoms with E-state index in [0.29, 0.717) is 0 Å². The van der Waals surface area contributed by atoms with Gasteiger partial charge in [-0.15, -0.1) is 0 Å². The van der Waals surface area contributed by atoms with Gasteiger partial charge in [0.15, 0.2) is 0 Å². The number of rotatable bonds is 2. The van der Waals surface area contributed by atoms with Crippen molar-refractivity contribution in [2.75, 3.05) is 13.1 Å². The van der Waals surface area contributed by atoms with Crippen molar-refractivity contribution in [3.8, 4) is 0 Å². The average molecular weight is 282 g/mol. The first-order valence-corrected chi connectivity index (χ1v) is 8.07. The molecule has 0 spiro atoms. The first-order valence-electron chi connectivity index (χ1n) is 8.07. The molecule has 4 heteroatoms. The van der Waals surface area contributed by atoms with E-state index in [-0.39, 0.29) is 12.1 Å². The molecule has 0 aromatic rings. The lowest BCUT2D eigenvalue weighted by Crippen LogP contribution is -2.42. The smallest absolute Gasteiger partial charge is 0.407 e. The Kier molecular flexibility index (Phi) is 4.95. The molecule has 2 fully saturated rings. The fourth-order valence-electron chi connectivity index (χ4n) is 3.32. The highest BCUT2D eigenvalue weighted by molar-refractivity contribution is 5.68. The number of nitrogens with zero attached hydrogens (tertiary/aromatic N) is 1. The van der Waals surface area contributed by atoms with E-state index in [0.717, 1.165) is 31.5 Å². The lowest BCUT2D eigenvalue weighted by Gasteiger charge is -2.33. The lowest BCUT2D eigenvalue weighted by atomic mass is 9.87. The maximum atomic E-state index is 11.8. The predicted octanol–water partition coefficient (Wildman–Crippen LogP) is 3.16. The molecule has 2 aliphatic rings. The number of hydrogen-bond acceptors (Lipinski definition) is 3. The van der Waals surface area contributed by atoms with E-state index >= 15 is 0 Å². The average Bonchev–Trinajstić information content (AvgIpc) is 2.75. The van der Waals surface area contributed by atoms with Crippen LogP contribution >= 0.6 is 0 Å². The zero-order valence-corrected chi connectivity index (χ0v) is 13.4. The summed E-state index contributed by atoms with van der Waals surface area (Å²) in [6.45, 7) is 10.1. The molecule has 0 aromatic carbocycles. The number of nitrogens with one attached hydrogen (secondary N) is 1. The SMILES string of the molecule is CC1CCC(N2CC[C@H](NC(=O)OC(C)(C)C)C2)CC1. The van der Waals surface area contributed by atoms with E-state index in [4.69, 9.17) is 4.74 Å². The lowest BCUT2D eigenvalue weighted by molar-refractivity contribution is 0.0503. The van der Waals surface area contributed by atoms with Crippen molar-refractivity contribution in [1.82, 2.24) is 10.2 Å². The van der Waals surface area contributed by atoms with Gasteiger partial charge in [0.1, 0.15) is 5.60 Å². The van der Waals surface area contributed by atoms with Gasteiger partial charge in [0, 0.05) is 25.2 Å². The summed E-state index contributed by atoms with van der Waals surface area (Å²) in [4.78, 5) is 14.4. The van der Waals surface area contributed by atoms with E-state index < -0.39 is 5.60 Å². The van der Waals surface area contributed by atoms with Crippen LogP contribution in [-0.2, 0) is 4.74 Å². The molecule has 1 atom stereocenters. The Morgan fingerprint density at radius 3 is 2.40 bits per heavy atom. The molecule has 1 N–H and O–H groups in total. The van der Waals surface area contributed by atoms with Crippen molar-refractivity contribution in [2.24, 2.45) is 5.92 Å². The Morgan fingerprint density at radius 2 is 1.80 bits per heavy atom. The van der Waals surface area contributed by atoms with Crippen LogP contribution in [0, 0.1) is 5.92 Å². The molecule has 1 amide bonds. The third kappa shape index (κ3) is 4.65. The summed E-state index contributed by atoms with van der Waals surface area (Å²) >= 11 is 0. The van der Waals surface area contributed by atoms with Crippen molar-refractivity contribution >= 4 is 6.09 Å². The van der Waals surface area contributed by atoms with Crippen LogP contribution in [0.1, 0.15) is 59.8 Å². The van der Waals surface area contributed by atoms with Crippen LogP contribution in [0.5, 0.6) is 0 Å². The molecule has 2 rings (SSSR count). The van der Waals surface area contributed by atoms with Gasteiger partial charge >= 0.3 is 6.09 Å². The largest absolute Gasteiger partial charge is 0.444 e. The summed E-state index contributed by atoms with van der Waals surface area (Å²) in [6.07, 6.45) is 6.12. The second kappa shape index (κ2) is 6.33. The predicted molar refractivity (Wildman–Crippen MR) is 80.8 cm³/mol. The summed E-state index contributed by atoms with van der Waals surface area (Å²) in [6, 6.07) is 0.987. The monoisotopic (exact) mass is 282 g/mol. The minimum absolute atomic E-state index is 0.254. The molecule has 0 radical (unpaired) electrons. The minimum Gasteiger partial charge on any atom is -0.444 e.